The summed E-state index contributed by atoms with van der Waals surface area (Å²) in [5.74, 6) is 6.69. The molecule has 0 aromatic heterocycles. The van der Waals surface area contributed by atoms with Crippen LogP contribution in [0.1, 0.15) is 26.2 Å². The Hall–Kier alpha value is 0.170. The van der Waals surface area contributed by atoms with Crippen LogP contribution in [0, 0.1) is 5.92 Å². The van der Waals surface area contributed by atoms with Crippen LogP contribution in [0.5, 0.6) is 0 Å². The van der Waals surface area contributed by atoms with Gasteiger partial charge in [-0.3, -0.25) is 11.3 Å². The van der Waals surface area contributed by atoms with Crippen LogP contribution < -0.4 is 11.3 Å². The van der Waals surface area contributed by atoms with Crippen LogP contribution in [-0.2, 0) is 4.74 Å². The number of alkyl halides is 1. The lowest BCUT2D eigenvalue weighted by Crippen LogP contribution is -2.40. The van der Waals surface area contributed by atoms with E-state index in [1.807, 2.05) is 0 Å². The van der Waals surface area contributed by atoms with E-state index in [1.165, 1.54) is 0 Å². The van der Waals surface area contributed by atoms with Gasteiger partial charge < -0.3 is 4.74 Å². The molecule has 0 aromatic rings. The van der Waals surface area contributed by atoms with E-state index in [0.717, 1.165) is 25.9 Å². The van der Waals surface area contributed by atoms with E-state index < -0.39 is 0 Å². The molecule has 3 N–H and O–H groups in total. The number of nitrogens with two attached hydrogens (primary N) is 1. The Morgan fingerprint density at radius 1 is 1.46 bits per heavy atom. The van der Waals surface area contributed by atoms with Crippen LogP contribution >= 0.6 is 11.6 Å². The Morgan fingerprint density at radius 3 is 2.62 bits per heavy atom. The molecule has 0 aliphatic carbocycles. The summed E-state index contributed by atoms with van der Waals surface area (Å²) in [4.78, 5) is 0. The zero-order valence-corrected chi connectivity index (χ0v) is 9.31. The minimum absolute atomic E-state index is 0.355. The first-order chi connectivity index (χ1) is 6.26. The average Bonchev–Trinajstić information content (AvgIpc) is 2.16. The summed E-state index contributed by atoms with van der Waals surface area (Å²) >= 11 is 5.62. The standard InChI is InChI=1S/C9H21ClN2O/c1-8(5-7-13-2)9(12-11)4-3-6-10/h8-9,12H,3-7,11H2,1-2H3. The lowest BCUT2D eigenvalue weighted by molar-refractivity contribution is 0.168. The highest BCUT2D eigenvalue weighted by Crippen LogP contribution is 2.12. The van der Waals surface area contributed by atoms with Crippen molar-refractivity contribution in [2.75, 3.05) is 19.6 Å². The highest BCUT2D eigenvalue weighted by atomic mass is 35.5. The third-order valence-electron chi connectivity index (χ3n) is 2.33. The molecule has 13 heavy (non-hydrogen) atoms. The molecular weight excluding hydrogens is 188 g/mol. The van der Waals surface area contributed by atoms with Crippen molar-refractivity contribution >= 4 is 11.6 Å². The van der Waals surface area contributed by atoms with E-state index in [1.54, 1.807) is 7.11 Å². The highest BCUT2D eigenvalue weighted by Gasteiger charge is 2.14. The van der Waals surface area contributed by atoms with Crippen molar-refractivity contribution < 1.29 is 4.74 Å². The van der Waals surface area contributed by atoms with Crippen molar-refractivity contribution in [3.05, 3.63) is 0 Å². The second-order valence-corrected chi connectivity index (χ2v) is 3.74. The van der Waals surface area contributed by atoms with Gasteiger partial charge in [-0.25, -0.2) is 0 Å². The monoisotopic (exact) mass is 208 g/mol. The largest absolute Gasteiger partial charge is 0.385 e. The molecule has 0 bridgehead atoms. The van der Waals surface area contributed by atoms with Crippen molar-refractivity contribution in [1.29, 1.82) is 0 Å². The summed E-state index contributed by atoms with van der Waals surface area (Å²) in [7, 11) is 1.72. The first-order valence-corrected chi connectivity index (χ1v) is 5.30. The Kier molecular flexibility index (Phi) is 8.87. The molecule has 0 spiro atoms. The topological polar surface area (TPSA) is 47.3 Å². The van der Waals surface area contributed by atoms with E-state index in [2.05, 4.69) is 12.3 Å². The molecule has 0 saturated carbocycles. The molecule has 0 heterocycles. The van der Waals surface area contributed by atoms with Gasteiger partial charge in [0.05, 0.1) is 0 Å². The molecule has 2 unspecified atom stereocenters. The molecular formula is C9H21ClN2O. The number of nitrogens with one attached hydrogen (secondary N) is 1. The quantitative estimate of drug-likeness (QED) is 0.361. The molecule has 0 radical (unpaired) electrons. The van der Waals surface area contributed by atoms with Crippen LogP contribution in [-0.4, -0.2) is 25.6 Å². The summed E-state index contributed by atoms with van der Waals surface area (Å²) in [6, 6.07) is 0.355. The third kappa shape index (κ3) is 6.27. The Bertz CT molecular complexity index is 114. The fraction of sp³-hybridized carbons (Fsp3) is 1.00. The van der Waals surface area contributed by atoms with E-state index >= 15 is 0 Å². The fourth-order valence-electron chi connectivity index (χ4n) is 1.33. The van der Waals surface area contributed by atoms with E-state index in [-0.39, 0.29) is 0 Å². The summed E-state index contributed by atoms with van der Waals surface area (Å²) in [6.45, 7) is 2.97. The lowest BCUT2D eigenvalue weighted by Gasteiger charge is -2.22. The Labute approximate surface area is 85.9 Å². The molecule has 2 atom stereocenters. The summed E-state index contributed by atoms with van der Waals surface area (Å²) in [5.41, 5.74) is 2.83. The van der Waals surface area contributed by atoms with E-state index in [9.17, 15) is 0 Å². The molecule has 0 saturated heterocycles. The number of hydrogen-bond donors (Lipinski definition) is 2. The maximum Gasteiger partial charge on any atom is 0.0465 e. The van der Waals surface area contributed by atoms with Crippen LogP contribution in [0.25, 0.3) is 0 Å². The molecule has 4 heteroatoms. The fourth-order valence-corrected chi connectivity index (χ4v) is 1.49. The minimum Gasteiger partial charge on any atom is -0.385 e. The van der Waals surface area contributed by atoms with E-state index in [4.69, 9.17) is 22.2 Å². The normalized spacial score (nSPS) is 15.7. The van der Waals surface area contributed by atoms with Crippen molar-refractivity contribution in [1.82, 2.24) is 5.43 Å². The number of rotatable bonds is 8. The summed E-state index contributed by atoms with van der Waals surface area (Å²) in [5, 5.41) is 0. The minimum atomic E-state index is 0.355. The first-order valence-electron chi connectivity index (χ1n) is 4.77. The second-order valence-electron chi connectivity index (χ2n) is 3.36. The molecule has 0 amide bonds. The van der Waals surface area contributed by atoms with E-state index in [0.29, 0.717) is 17.8 Å². The van der Waals surface area contributed by atoms with Crippen LogP contribution in [0.3, 0.4) is 0 Å². The van der Waals surface area contributed by atoms with Gasteiger partial charge in [0.15, 0.2) is 0 Å². The predicted molar refractivity (Wildman–Crippen MR) is 56.7 cm³/mol. The van der Waals surface area contributed by atoms with Gasteiger partial charge in [-0.2, -0.15) is 0 Å². The number of halogens is 1. The Morgan fingerprint density at radius 2 is 2.15 bits per heavy atom. The van der Waals surface area contributed by atoms with Crippen molar-refractivity contribution in [2.24, 2.45) is 11.8 Å². The lowest BCUT2D eigenvalue weighted by atomic mass is 9.95. The van der Waals surface area contributed by atoms with Gasteiger partial charge in [-0.05, 0) is 25.2 Å². The molecule has 0 rings (SSSR count). The molecule has 0 aliphatic heterocycles. The molecule has 3 nitrogen and oxygen atoms in total. The van der Waals surface area contributed by atoms with Gasteiger partial charge in [-0.1, -0.05) is 6.92 Å². The molecule has 0 fully saturated rings. The average molecular weight is 209 g/mol. The molecule has 0 aromatic carbocycles. The highest BCUT2D eigenvalue weighted by molar-refractivity contribution is 6.17. The maximum absolute atomic E-state index is 5.62. The van der Waals surface area contributed by atoms with Crippen LogP contribution in [0.4, 0.5) is 0 Å². The number of methoxy groups -OCH3 is 1. The van der Waals surface area contributed by atoms with Gasteiger partial charge in [0.2, 0.25) is 0 Å². The SMILES string of the molecule is COCCC(C)C(CCCCl)NN. The number of hydrogen-bond acceptors (Lipinski definition) is 3. The third-order valence-corrected chi connectivity index (χ3v) is 2.59. The number of hydrazine groups is 1. The van der Waals surface area contributed by atoms with Gasteiger partial charge in [-0.15, -0.1) is 11.6 Å². The summed E-state index contributed by atoms with van der Waals surface area (Å²) in [6.07, 6.45) is 3.08. The maximum atomic E-state index is 5.62. The second kappa shape index (κ2) is 8.75. The van der Waals surface area contributed by atoms with Crippen molar-refractivity contribution in [3.8, 4) is 0 Å². The Balaban J connectivity index is 3.63. The molecule has 0 aliphatic rings. The first kappa shape index (κ1) is 13.2. The van der Waals surface area contributed by atoms with Gasteiger partial charge in [0.25, 0.3) is 0 Å². The zero-order valence-electron chi connectivity index (χ0n) is 8.55. The van der Waals surface area contributed by atoms with Gasteiger partial charge >= 0.3 is 0 Å². The van der Waals surface area contributed by atoms with Gasteiger partial charge in [0.1, 0.15) is 0 Å². The van der Waals surface area contributed by atoms with Crippen LogP contribution in [0.2, 0.25) is 0 Å². The van der Waals surface area contributed by atoms with Gasteiger partial charge in [0, 0.05) is 25.6 Å². The molecule has 80 valence electrons. The van der Waals surface area contributed by atoms with Crippen molar-refractivity contribution in [2.45, 2.75) is 32.2 Å². The van der Waals surface area contributed by atoms with Crippen molar-refractivity contribution in [3.63, 3.8) is 0 Å². The summed E-state index contributed by atoms with van der Waals surface area (Å²) < 4.78 is 5.02. The zero-order chi connectivity index (χ0) is 10.1. The smallest absolute Gasteiger partial charge is 0.0465 e. The number of ether oxygens (including phenoxy) is 1. The predicted octanol–water partition coefficient (Wildman–Crippen LogP) is 1.51. The van der Waals surface area contributed by atoms with Crippen LogP contribution in [0.15, 0.2) is 0 Å².